The van der Waals surface area contributed by atoms with Crippen molar-refractivity contribution in [2.45, 2.75) is 43.5 Å². The van der Waals surface area contributed by atoms with Gasteiger partial charge in [-0.25, -0.2) is 27.2 Å². The fourth-order valence-electron chi connectivity index (χ4n) is 4.17. The van der Waals surface area contributed by atoms with Gasteiger partial charge in [0.1, 0.15) is 23.5 Å². The van der Waals surface area contributed by atoms with Gasteiger partial charge in [-0.05, 0) is 19.8 Å². The van der Waals surface area contributed by atoms with Crippen molar-refractivity contribution < 1.29 is 31.4 Å². The first kappa shape index (κ1) is 27.8. The van der Waals surface area contributed by atoms with E-state index in [1.807, 2.05) is 0 Å². The van der Waals surface area contributed by atoms with Gasteiger partial charge in [0.2, 0.25) is 34.2 Å². The molecule has 38 heavy (non-hydrogen) atoms. The maximum absolute atomic E-state index is 13.7. The van der Waals surface area contributed by atoms with Crippen LogP contribution >= 0.6 is 11.6 Å². The molecule has 0 saturated heterocycles. The van der Waals surface area contributed by atoms with Crippen LogP contribution < -0.4 is 14.2 Å². The van der Waals surface area contributed by atoms with Crippen LogP contribution in [0.25, 0.3) is 5.69 Å². The first-order valence-corrected chi connectivity index (χ1v) is 13.2. The number of hydrogen-bond donors (Lipinski definition) is 1. The van der Waals surface area contributed by atoms with Crippen LogP contribution in [0.4, 0.5) is 14.7 Å². The molecule has 17 heteroatoms. The molecule has 13 nitrogen and oxygen atoms in total. The lowest BCUT2D eigenvalue weighted by Crippen LogP contribution is -2.34. The maximum atomic E-state index is 13.7. The van der Waals surface area contributed by atoms with E-state index in [0.717, 1.165) is 0 Å². The molecule has 0 spiro atoms. The van der Waals surface area contributed by atoms with Gasteiger partial charge in [0.15, 0.2) is 11.5 Å². The summed E-state index contributed by atoms with van der Waals surface area (Å²) >= 11 is 5.84. The molecule has 1 N–H and O–H groups in total. The first-order chi connectivity index (χ1) is 18.1. The zero-order valence-electron chi connectivity index (χ0n) is 20.7. The van der Waals surface area contributed by atoms with Crippen LogP contribution in [0.2, 0.25) is 5.02 Å². The molecule has 1 fully saturated rings. The number of rotatable bonds is 11. The molecule has 0 amide bonds. The number of methoxy groups -OCH3 is 3. The molecule has 4 atom stereocenters. The highest BCUT2D eigenvalue weighted by Gasteiger charge is 2.43. The summed E-state index contributed by atoms with van der Waals surface area (Å²) in [5, 5.41) is 7.12. The number of nitrogens with one attached hydrogen (secondary N) is 1. The summed E-state index contributed by atoms with van der Waals surface area (Å²) in [5.41, 5.74) is 0.0482. The van der Waals surface area contributed by atoms with Crippen molar-refractivity contribution in [3.8, 4) is 17.4 Å². The summed E-state index contributed by atoms with van der Waals surface area (Å²) in [6, 6.07) is 0. The largest absolute Gasteiger partial charge is 0.479 e. The summed E-state index contributed by atoms with van der Waals surface area (Å²) < 4.78 is 74.0. The van der Waals surface area contributed by atoms with Crippen LogP contribution in [0.5, 0.6) is 11.8 Å². The Bertz CT molecular complexity index is 1360. The van der Waals surface area contributed by atoms with E-state index in [9.17, 15) is 17.2 Å². The normalized spacial score (nSPS) is 19.1. The van der Waals surface area contributed by atoms with Crippen molar-refractivity contribution in [2.24, 2.45) is 5.92 Å². The van der Waals surface area contributed by atoms with Gasteiger partial charge in [0, 0.05) is 31.3 Å². The van der Waals surface area contributed by atoms with Crippen LogP contribution in [0.15, 0.2) is 18.7 Å². The van der Waals surface area contributed by atoms with E-state index in [-0.39, 0.29) is 46.5 Å². The van der Waals surface area contributed by atoms with E-state index in [4.69, 9.17) is 25.8 Å². The molecule has 0 radical (unpaired) electrons. The smallest absolute Gasteiger partial charge is 0.245 e. The molecular formula is C21H25ClF2N8O5S. The number of hydrogen-bond acceptors (Lipinski definition) is 11. The minimum atomic E-state index is -4.27. The Kier molecular flexibility index (Phi) is 8.22. The van der Waals surface area contributed by atoms with Gasteiger partial charge in [0.05, 0.1) is 19.2 Å². The Morgan fingerprint density at radius 3 is 2.18 bits per heavy atom. The first-order valence-electron chi connectivity index (χ1n) is 11.3. The summed E-state index contributed by atoms with van der Waals surface area (Å²) in [6.07, 6.45) is 0.807. The topological polar surface area (TPSA) is 156 Å². The Hall–Kier alpha value is -3.24. The summed E-state index contributed by atoms with van der Waals surface area (Å²) in [5.74, 6) is -1.84. The van der Waals surface area contributed by atoms with Gasteiger partial charge >= 0.3 is 0 Å². The molecule has 3 heterocycles. The minimum Gasteiger partial charge on any atom is -0.479 e. The Morgan fingerprint density at radius 1 is 1.05 bits per heavy atom. The second-order valence-electron chi connectivity index (χ2n) is 8.41. The Morgan fingerprint density at radius 2 is 1.68 bits per heavy atom. The highest BCUT2D eigenvalue weighted by molar-refractivity contribution is 7.93. The number of sulfonamides is 1. The lowest BCUT2D eigenvalue weighted by atomic mass is 9.73. The zero-order valence-corrected chi connectivity index (χ0v) is 22.3. The molecule has 1 aliphatic rings. The predicted octanol–water partition coefficient (Wildman–Crippen LogP) is 2.79. The number of nitrogens with zero attached hydrogens (tertiary/aromatic N) is 7. The van der Waals surface area contributed by atoms with Crippen molar-refractivity contribution in [3.63, 3.8) is 0 Å². The summed E-state index contributed by atoms with van der Waals surface area (Å²) in [4.78, 5) is 16.2. The molecule has 4 rings (SSSR count). The van der Waals surface area contributed by atoms with E-state index in [1.54, 1.807) is 0 Å². The van der Waals surface area contributed by atoms with Crippen LogP contribution in [0.3, 0.4) is 0 Å². The number of anilines is 1. The molecule has 1 saturated carbocycles. The molecule has 3 aromatic heterocycles. The minimum absolute atomic E-state index is 0.0105. The van der Waals surface area contributed by atoms with E-state index < -0.39 is 39.6 Å². The second kappa shape index (κ2) is 11.2. The van der Waals surface area contributed by atoms with Gasteiger partial charge in [-0.2, -0.15) is 9.97 Å². The average Bonchev–Trinajstić information content (AvgIpc) is 3.25. The average molecular weight is 575 g/mol. The van der Waals surface area contributed by atoms with Crippen molar-refractivity contribution >= 4 is 27.6 Å². The quantitative estimate of drug-likeness (QED) is 0.359. The van der Waals surface area contributed by atoms with Crippen molar-refractivity contribution in [1.82, 2.24) is 34.7 Å². The monoisotopic (exact) mass is 574 g/mol. The maximum Gasteiger partial charge on any atom is 0.245 e. The second-order valence-corrected chi connectivity index (χ2v) is 10.9. The molecule has 3 aromatic rings. The van der Waals surface area contributed by atoms with Crippen molar-refractivity contribution in [3.05, 3.63) is 35.4 Å². The van der Waals surface area contributed by atoms with E-state index >= 15 is 0 Å². The highest BCUT2D eigenvalue weighted by Crippen LogP contribution is 2.47. The summed E-state index contributed by atoms with van der Waals surface area (Å²) in [7, 11) is -0.282. The van der Waals surface area contributed by atoms with Crippen LogP contribution in [0.1, 0.15) is 43.4 Å². The van der Waals surface area contributed by atoms with Gasteiger partial charge in [-0.1, -0.05) is 11.6 Å². The lowest BCUT2D eigenvalue weighted by Gasteiger charge is -2.35. The fourth-order valence-corrected chi connectivity index (χ4v) is 5.40. The molecular weight excluding hydrogens is 550 g/mol. The van der Waals surface area contributed by atoms with E-state index in [1.165, 1.54) is 51.5 Å². The number of alkyl halides is 2. The van der Waals surface area contributed by atoms with E-state index in [2.05, 4.69) is 34.9 Å². The summed E-state index contributed by atoms with van der Waals surface area (Å²) in [6.45, 7) is 1.39. The number of halogens is 3. The molecule has 1 unspecified atom stereocenters. The van der Waals surface area contributed by atoms with E-state index in [0.29, 0.717) is 6.42 Å². The third-order valence-electron chi connectivity index (χ3n) is 6.33. The van der Waals surface area contributed by atoms with Gasteiger partial charge in [0.25, 0.3) is 0 Å². The Balaban J connectivity index is 1.79. The third-order valence-corrected chi connectivity index (χ3v) is 8.22. The molecule has 1 aliphatic carbocycles. The molecule has 0 aliphatic heterocycles. The third kappa shape index (κ3) is 5.19. The van der Waals surface area contributed by atoms with Gasteiger partial charge in [-0.15, -0.1) is 10.2 Å². The highest BCUT2D eigenvalue weighted by atomic mass is 35.5. The van der Waals surface area contributed by atoms with Crippen LogP contribution in [-0.4, -0.2) is 76.1 Å². The molecule has 206 valence electrons. The standard InChI is InChI=1S/C21H25ClF2N8O5S/c1-10(15(35-2)17-25-7-11(22)8-26-17)38(33,34)31-21-30-29-18(13-6-5-12(13)16(23)24)32(21)14-19(36-3)27-9-28-20(14)37-4/h7-10,12-13,15-16H,5-6H2,1-4H3,(H,30,31)/t10-,12?,13+,15-/m0/s1. The predicted molar refractivity (Wildman–Crippen MR) is 130 cm³/mol. The van der Waals surface area contributed by atoms with Gasteiger partial charge < -0.3 is 14.2 Å². The number of aromatic nitrogens is 7. The van der Waals surface area contributed by atoms with Crippen LogP contribution in [0, 0.1) is 5.92 Å². The fraction of sp³-hybridized carbons (Fsp3) is 0.524. The molecule has 0 aromatic carbocycles. The molecule has 0 bridgehead atoms. The van der Waals surface area contributed by atoms with Crippen LogP contribution in [-0.2, 0) is 14.8 Å². The zero-order chi connectivity index (χ0) is 27.6. The lowest BCUT2D eigenvalue weighted by molar-refractivity contribution is 0.0139. The Labute approximate surface area is 222 Å². The van der Waals surface area contributed by atoms with Crippen molar-refractivity contribution in [1.29, 1.82) is 0 Å². The van der Waals surface area contributed by atoms with Gasteiger partial charge in [-0.3, -0.25) is 9.29 Å². The van der Waals surface area contributed by atoms with Crippen molar-refractivity contribution in [2.75, 3.05) is 26.1 Å². The number of ether oxygens (including phenoxy) is 3. The SMILES string of the molecule is COc1ncnc(OC)c1-n1c(NS(=O)(=O)[C@@H](C)[C@H](OC)c2ncc(Cl)cn2)nnc1[C@@H]1CCC1C(F)F.